The molecular weight excluding hydrogens is 274 g/mol. The standard InChI is InChI=1S/C14H19N3O4/c1-14(13(15)18,16-10-2-3-10)8-9-21-12-6-4-11(5-7-12)17(19)20/h4-7,10,16H,2-3,8-9H2,1H3,(H2,15,18). The van der Waals surface area contributed by atoms with Crippen LogP contribution in [0.5, 0.6) is 5.75 Å². The second-order valence-corrected chi connectivity index (χ2v) is 5.46. The van der Waals surface area contributed by atoms with Crippen LogP contribution in [0, 0.1) is 10.1 Å². The molecule has 0 spiro atoms. The van der Waals surface area contributed by atoms with Crippen molar-refractivity contribution >= 4 is 11.6 Å². The van der Waals surface area contributed by atoms with E-state index in [9.17, 15) is 14.9 Å². The molecular formula is C14H19N3O4. The number of carbonyl (C=O) groups is 1. The van der Waals surface area contributed by atoms with Crippen LogP contribution in [0.1, 0.15) is 26.2 Å². The number of rotatable bonds is 8. The number of nitrogens with one attached hydrogen (secondary N) is 1. The molecule has 1 aliphatic rings. The summed E-state index contributed by atoms with van der Waals surface area (Å²) in [5, 5.41) is 13.8. The van der Waals surface area contributed by atoms with E-state index in [-0.39, 0.29) is 5.69 Å². The van der Waals surface area contributed by atoms with Crippen LogP contribution >= 0.6 is 0 Å². The number of nitro benzene ring substituents is 1. The first-order chi connectivity index (χ1) is 9.90. The van der Waals surface area contributed by atoms with Crippen molar-refractivity contribution in [1.82, 2.24) is 5.32 Å². The number of hydrogen-bond donors (Lipinski definition) is 2. The van der Waals surface area contributed by atoms with Crippen molar-refractivity contribution < 1.29 is 14.5 Å². The Balaban J connectivity index is 1.86. The summed E-state index contributed by atoms with van der Waals surface area (Å²) >= 11 is 0. The molecule has 0 radical (unpaired) electrons. The van der Waals surface area contributed by atoms with Crippen molar-refractivity contribution in [3.05, 3.63) is 34.4 Å². The highest BCUT2D eigenvalue weighted by Crippen LogP contribution is 2.24. The average Bonchev–Trinajstić information content (AvgIpc) is 3.23. The maximum atomic E-state index is 11.6. The number of ether oxygens (including phenoxy) is 1. The third-order valence-electron chi connectivity index (χ3n) is 3.56. The SMILES string of the molecule is CC(CCOc1ccc([N+](=O)[O-])cc1)(NC1CC1)C(N)=O. The summed E-state index contributed by atoms with van der Waals surface area (Å²) in [5.41, 5.74) is 4.67. The topological polar surface area (TPSA) is 107 Å². The van der Waals surface area contributed by atoms with E-state index >= 15 is 0 Å². The van der Waals surface area contributed by atoms with Gasteiger partial charge in [0.25, 0.3) is 5.69 Å². The molecule has 3 N–H and O–H groups in total. The van der Waals surface area contributed by atoms with Gasteiger partial charge in [0.1, 0.15) is 5.75 Å². The molecule has 0 bridgehead atoms. The number of nitro groups is 1. The molecule has 1 atom stereocenters. The minimum atomic E-state index is -0.790. The quantitative estimate of drug-likeness (QED) is 0.556. The lowest BCUT2D eigenvalue weighted by atomic mass is 9.97. The number of non-ortho nitro benzene ring substituents is 1. The maximum Gasteiger partial charge on any atom is 0.269 e. The Labute approximate surface area is 122 Å². The van der Waals surface area contributed by atoms with Crippen LogP contribution in [-0.2, 0) is 4.79 Å². The lowest BCUT2D eigenvalue weighted by Crippen LogP contribution is -2.54. The fourth-order valence-electron chi connectivity index (χ4n) is 1.98. The van der Waals surface area contributed by atoms with Gasteiger partial charge in [0.2, 0.25) is 5.91 Å². The van der Waals surface area contributed by atoms with Gasteiger partial charge >= 0.3 is 0 Å². The molecule has 7 nitrogen and oxygen atoms in total. The van der Waals surface area contributed by atoms with E-state index in [0.717, 1.165) is 12.8 Å². The summed E-state index contributed by atoms with van der Waals surface area (Å²) in [4.78, 5) is 21.7. The number of benzene rings is 1. The van der Waals surface area contributed by atoms with Crippen LogP contribution in [-0.4, -0.2) is 29.0 Å². The van der Waals surface area contributed by atoms with Crippen molar-refractivity contribution in [3.63, 3.8) is 0 Å². The largest absolute Gasteiger partial charge is 0.494 e. The van der Waals surface area contributed by atoms with E-state index in [1.54, 1.807) is 6.92 Å². The van der Waals surface area contributed by atoms with Crippen LogP contribution in [0.3, 0.4) is 0 Å². The van der Waals surface area contributed by atoms with Crippen molar-refractivity contribution in [3.8, 4) is 5.75 Å². The van der Waals surface area contributed by atoms with Crippen molar-refractivity contribution in [2.75, 3.05) is 6.61 Å². The van der Waals surface area contributed by atoms with E-state index in [4.69, 9.17) is 10.5 Å². The summed E-state index contributed by atoms with van der Waals surface area (Å²) < 4.78 is 5.52. The lowest BCUT2D eigenvalue weighted by Gasteiger charge is -2.27. The fraction of sp³-hybridized carbons (Fsp3) is 0.500. The zero-order valence-electron chi connectivity index (χ0n) is 11.9. The maximum absolute atomic E-state index is 11.6. The molecule has 114 valence electrons. The van der Waals surface area contributed by atoms with Gasteiger partial charge in [0.05, 0.1) is 17.1 Å². The van der Waals surface area contributed by atoms with Crippen molar-refractivity contribution in [1.29, 1.82) is 0 Å². The third-order valence-corrected chi connectivity index (χ3v) is 3.56. The van der Waals surface area contributed by atoms with Crippen molar-refractivity contribution in [2.24, 2.45) is 5.73 Å². The van der Waals surface area contributed by atoms with E-state index in [0.29, 0.717) is 24.8 Å². The summed E-state index contributed by atoms with van der Waals surface area (Å²) in [7, 11) is 0. The number of primary amides is 1. The second kappa shape index (κ2) is 6.09. The van der Waals surface area contributed by atoms with Gasteiger partial charge in [-0.25, -0.2) is 0 Å². The van der Waals surface area contributed by atoms with E-state index in [1.165, 1.54) is 24.3 Å². The Hall–Kier alpha value is -2.15. The molecule has 0 aromatic heterocycles. The van der Waals surface area contributed by atoms with Gasteiger partial charge in [-0.1, -0.05) is 0 Å². The Morgan fingerprint density at radius 3 is 2.57 bits per heavy atom. The van der Waals surface area contributed by atoms with E-state index < -0.39 is 16.4 Å². The highest BCUT2D eigenvalue weighted by Gasteiger charge is 2.36. The van der Waals surface area contributed by atoms with Crippen LogP contribution in [0.4, 0.5) is 5.69 Å². The molecule has 0 heterocycles. The number of hydrogen-bond acceptors (Lipinski definition) is 5. The molecule has 1 saturated carbocycles. The van der Waals surface area contributed by atoms with Gasteiger partial charge in [-0.05, 0) is 31.9 Å². The molecule has 2 rings (SSSR count). The minimum absolute atomic E-state index is 0.0136. The normalized spacial score (nSPS) is 17.0. The summed E-state index contributed by atoms with van der Waals surface area (Å²) in [6.07, 6.45) is 2.56. The molecule has 1 aliphatic carbocycles. The Bertz CT molecular complexity index is 528. The smallest absolute Gasteiger partial charge is 0.269 e. The zero-order valence-corrected chi connectivity index (χ0v) is 11.9. The predicted octanol–water partition coefficient (Wildman–Crippen LogP) is 1.36. The third kappa shape index (κ3) is 4.16. The average molecular weight is 293 g/mol. The number of nitrogens with two attached hydrogens (primary N) is 1. The van der Waals surface area contributed by atoms with Crippen LogP contribution < -0.4 is 15.8 Å². The predicted molar refractivity (Wildman–Crippen MR) is 77.0 cm³/mol. The molecule has 0 saturated heterocycles. The number of nitrogens with zero attached hydrogens (tertiary/aromatic N) is 1. The molecule has 1 unspecified atom stereocenters. The molecule has 7 heteroatoms. The Morgan fingerprint density at radius 1 is 1.48 bits per heavy atom. The zero-order chi connectivity index (χ0) is 15.5. The van der Waals surface area contributed by atoms with Gasteiger partial charge in [0, 0.05) is 24.6 Å². The summed E-state index contributed by atoms with van der Waals surface area (Å²) in [6.45, 7) is 2.07. The molecule has 0 aliphatic heterocycles. The monoisotopic (exact) mass is 293 g/mol. The van der Waals surface area contributed by atoms with Crippen LogP contribution in [0.15, 0.2) is 24.3 Å². The lowest BCUT2D eigenvalue weighted by molar-refractivity contribution is -0.384. The minimum Gasteiger partial charge on any atom is -0.494 e. The first kappa shape index (κ1) is 15.2. The first-order valence-electron chi connectivity index (χ1n) is 6.85. The molecule has 1 fully saturated rings. The van der Waals surface area contributed by atoms with Crippen LogP contribution in [0.25, 0.3) is 0 Å². The summed E-state index contributed by atoms with van der Waals surface area (Å²) in [6, 6.07) is 6.19. The highest BCUT2D eigenvalue weighted by atomic mass is 16.6. The highest BCUT2D eigenvalue weighted by molar-refractivity contribution is 5.84. The molecule has 1 aromatic carbocycles. The summed E-state index contributed by atoms with van der Waals surface area (Å²) in [5.74, 6) is 0.126. The number of amides is 1. The molecule has 1 amide bonds. The van der Waals surface area contributed by atoms with Gasteiger partial charge in [-0.2, -0.15) is 0 Å². The van der Waals surface area contributed by atoms with Gasteiger partial charge < -0.3 is 15.8 Å². The number of carbonyl (C=O) groups excluding carboxylic acids is 1. The van der Waals surface area contributed by atoms with E-state index in [1.807, 2.05) is 0 Å². The van der Waals surface area contributed by atoms with Crippen molar-refractivity contribution in [2.45, 2.75) is 37.8 Å². The molecule has 1 aromatic rings. The molecule has 21 heavy (non-hydrogen) atoms. The fourth-order valence-corrected chi connectivity index (χ4v) is 1.98. The van der Waals surface area contributed by atoms with Crippen LogP contribution in [0.2, 0.25) is 0 Å². The van der Waals surface area contributed by atoms with E-state index in [2.05, 4.69) is 5.32 Å². The van der Waals surface area contributed by atoms with Gasteiger partial charge in [0.15, 0.2) is 0 Å². The first-order valence-corrected chi connectivity index (χ1v) is 6.85. The van der Waals surface area contributed by atoms with Gasteiger partial charge in [-0.3, -0.25) is 14.9 Å². The van der Waals surface area contributed by atoms with Gasteiger partial charge in [-0.15, -0.1) is 0 Å². The Kier molecular flexibility index (Phi) is 4.42. The second-order valence-electron chi connectivity index (χ2n) is 5.46. The Morgan fingerprint density at radius 2 is 2.10 bits per heavy atom.